The van der Waals surface area contributed by atoms with Crippen LogP contribution in [0.1, 0.15) is 36.1 Å². The second kappa shape index (κ2) is 16.0. The molecule has 1 fully saturated rings. The van der Waals surface area contributed by atoms with E-state index in [0.717, 1.165) is 49.4 Å². The summed E-state index contributed by atoms with van der Waals surface area (Å²) in [7, 11) is 0. The molecule has 0 atom stereocenters. The number of aromatic nitrogens is 2. The average molecular weight is 696 g/mol. The summed E-state index contributed by atoms with van der Waals surface area (Å²) >= 11 is 12.7. The summed E-state index contributed by atoms with van der Waals surface area (Å²) in [5.41, 5.74) is 3.73. The summed E-state index contributed by atoms with van der Waals surface area (Å²) in [6, 6.07) is 15.6. The molecule has 254 valence electrons. The predicted octanol–water partition coefficient (Wildman–Crippen LogP) is 8.20. The third-order valence-electron chi connectivity index (χ3n) is 8.26. The molecule has 0 aliphatic carbocycles. The van der Waals surface area contributed by atoms with Gasteiger partial charge in [-0.3, -0.25) is 14.7 Å². The van der Waals surface area contributed by atoms with E-state index in [0.29, 0.717) is 39.7 Å². The number of ether oxygens (including phenoxy) is 2. The first-order valence-electron chi connectivity index (χ1n) is 16.0. The van der Waals surface area contributed by atoms with Gasteiger partial charge in [-0.15, -0.1) is 0 Å². The number of carbonyl (C=O) groups excluding carboxylic acids is 1. The molecule has 0 radical (unpaired) electrons. The van der Waals surface area contributed by atoms with Crippen molar-refractivity contribution in [1.29, 1.82) is 0 Å². The Labute approximate surface area is 291 Å². The highest BCUT2D eigenvalue weighted by Gasteiger charge is 2.24. The smallest absolute Gasteiger partial charge is 0.421 e. The van der Waals surface area contributed by atoms with Crippen LogP contribution in [-0.4, -0.2) is 71.2 Å². The SMILES string of the molecule is Cc1cc(C)c(OC(=O)N(Cc2cc(Cl)ccc2Cl)c2ccnc(Nc3ccc(OCCN4CCN(C(C)C)CC4)c(F)c3)n2)c(C)c1. The first-order valence-corrected chi connectivity index (χ1v) is 16.7. The van der Waals surface area contributed by atoms with E-state index in [4.69, 9.17) is 32.7 Å². The summed E-state index contributed by atoms with van der Waals surface area (Å²) in [6.45, 7) is 15.3. The van der Waals surface area contributed by atoms with Crippen LogP contribution in [0.25, 0.3) is 0 Å². The molecule has 1 aromatic heterocycles. The summed E-state index contributed by atoms with van der Waals surface area (Å²) in [4.78, 5) is 28.8. The number of piperazine rings is 1. The third-order valence-corrected chi connectivity index (χ3v) is 8.86. The number of amides is 1. The number of nitrogens with one attached hydrogen (secondary N) is 1. The molecule has 12 heteroatoms. The fourth-order valence-corrected chi connectivity index (χ4v) is 6.09. The van der Waals surface area contributed by atoms with Gasteiger partial charge in [-0.25, -0.2) is 14.2 Å². The van der Waals surface area contributed by atoms with Gasteiger partial charge in [0, 0.05) is 66.8 Å². The topological polar surface area (TPSA) is 83.1 Å². The number of hydrogen-bond donors (Lipinski definition) is 1. The Morgan fingerprint density at radius 3 is 2.42 bits per heavy atom. The van der Waals surface area contributed by atoms with E-state index < -0.39 is 11.9 Å². The molecule has 48 heavy (non-hydrogen) atoms. The van der Waals surface area contributed by atoms with Crippen molar-refractivity contribution in [3.63, 3.8) is 0 Å². The maximum Gasteiger partial charge on any atom is 0.421 e. The Morgan fingerprint density at radius 1 is 1.00 bits per heavy atom. The number of nitrogens with zero attached hydrogens (tertiary/aromatic N) is 5. The van der Waals surface area contributed by atoms with E-state index in [1.54, 1.807) is 36.4 Å². The molecule has 0 bridgehead atoms. The van der Waals surface area contributed by atoms with Crippen molar-refractivity contribution in [1.82, 2.24) is 19.8 Å². The first kappa shape index (κ1) is 35.3. The quantitative estimate of drug-likeness (QED) is 0.168. The normalized spacial score (nSPS) is 13.9. The van der Waals surface area contributed by atoms with Gasteiger partial charge in [-0.2, -0.15) is 4.98 Å². The Balaban J connectivity index is 1.29. The van der Waals surface area contributed by atoms with Gasteiger partial charge in [-0.1, -0.05) is 40.9 Å². The van der Waals surface area contributed by atoms with Gasteiger partial charge in [0.25, 0.3) is 0 Å². The average Bonchev–Trinajstić information content (AvgIpc) is 3.04. The van der Waals surface area contributed by atoms with Crippen LogP contribution in [0.4, 0.5) is 26.6 Å². The third kappa shape index (κ3) is 9.14. The number of carbonyl (C=O) groups is 1. The van der Waals surface area contributed by atoms with Crippen LogP contribution in [0, 0.1) is 26.6 Å². The van der Waals surface area contributed by atoms with Crippen molar-refractivity contribution in [2.45, 2.75) is 47.2 Å². The molecule has 1 saturated heterocycles. The number of rotatable bonds is 11. The minimum atomic E-state index is -0.667. The lowest BCUT2D eigenvalue weighted by atomic mass is 10.1. The molecular formula is C36H41Cl2FN6O3. The number of benzene rings is 3. The molecule has 0 spiro atoms. The number of halogens is 3. The second-order valence-electron chi connectivity index (χ2n) is 12.2. The largest absolute Gasteiger partial charge is 0.489 e. The van der Waals surface area contributed by atoms with Gasteiger partial charge in [-0.05, 0) is 87.7 Å². The number of hydrogen-bond acceptors (Lipinski definition) is 8. The molecule has 1 aliphatic rings. The lowest BCUT2D eigenvalue weighted by Gasteiger charge is -2.36. The van der Waals surface area contributed by atoms with Crippen molar-refractivity contribution in [2.24, 2.45) is 0 Å². The van der Waals surface area contributed by atoms with Gasteiger partial charge >= 0.3 is 6.09 Å². The van der Waals surface area contributed by atoms with Crippen molar-refractivity contribution >= 4 is 46.7 Å². The predicted molar refractivity (Wildman–Crippen MR) is 190 cm³/mol. The molecule has 9 nitrogen and oxygen atoms in total. The molecule has 5 rings (SSSR count). The van der Waals surface area contributed by atoms with Crippen LogP contribution in [0.15, 0.2) is 60.8 Å². The lowest BCUT2D eigenvalue weighted by Crippen LogP contribution is -2.49. The fourth-order valence-electron chi connectivity index (χ4n) is 5.72. The van der Waals surface area contributed by atoms with E-state index >= 15 is 4.39 Å². The maximum absolute atomic E-state index is 15.1. The van der Waals surface area contributed by atoms with E-state index in [1.807, 2.05) is 32.9 Å². The Hall–Kier alpha value is -3.96. The highest BCUT2D eigenvalue weighted by molar-refractivity contribution is 6.33. The van der Waals surface area contributed by atoms with Crippen LogP contribution in [-0.2, 0) is 6.54 Å². The van der Waals surface area contributed by atoms with Crippen molar-refractivity contribution in [3.05, 3.63) is 98.9 Å². The van der Waals surface area contributed by atoms with E-state index in [2.05, 4.69) is 38.9 Å². The summed E-state index contributed by atoms with van der Waals surface area (Å²) in [5, 5.41) is 3.93. The summed E-state index contributed by atoms with van der Waals surface area (Å²) in [5.74, 6) is 0.520. The molecule has 1 N–H and O–H groups in total. The summed E-state index contributed by atoms with van der Waals surface area (Å²) < 4.78 is 26.8. The molecule has 3 aromatic carbocycles. The first-order chi connectivity index (χ1) is 23.0. The monoisotopic (exact) mass is 694 g/mol. The molecule has 2 heterocycles. The second-order valence-corrected chi connectivity index (χ2v) is 13.1. The van der Waals surface area contributed by atoms with E-state index in [1.165, 1.54) is 17.2 Å². The minimum absolute atomic E-state index is 0.0205. The van der Waals surface area contributed by atoms with Crippen LogP contribution in [0.2, 0.25) is 10.0 Å². The van der Waals surface area contributed by atoms with Gasteiger partial charge in [0.1, 0.15) is 18.2 Å². The molecular weight excluding hydrogens is 654 g/mol. The van der Waals surface area contributed by atoms with Gasteiger partial charge in [0.05, 0.1) is 6.54 Å². The van der Waals surface area contributed by atoms with Crippen LogP contribution in [0.5, 0.6) is 11.5 Å². The van der Waals surface area contributed by atoms with E-state index in [9.17, 15) is 4.79 Å². The maximum atomic E-state index is 15.1. The highest BCUT2D eigenvalue weighted by atomic mass is 35.5. The fraction of sp³-hybridized carbons (Fsp3) is 0.361. The molecule has 0 unspecified atom stereocenters. The molecule has 1 amide bonds. The Bertz CT molecular complexity index is 1730. The molecule has 1 aliphatic heterocycles. The lowest BCUT2D eigenvalue weighted by molar-refractivity contribution is 0.0965. The zero-order chi connectivity index (χ0) is 34.4. The van der Waals surface area contributed by atoms with Gasteiger partial charge < -0.3 is 14.8 Å². The summed E-state index contributed by atoms with van der Waals surface area (Å²) in [6.07, 6.45) is 0.835. The van der Waals surface area contributed by atoms with Gasteiger partial charge in [0.15, 0.2) is 11.6 Å². The number of anilines is 3. The van der Waals surface area contributed by atoms with Gasteiger partial charge in [0.2, 0.25) is 5.95 Å². The van der Waals surface area contributed by atoms with Crippen molar-refractivity contribution in [2.75, 3.05) is 49.5 Å². The van der Waals surface area contributed by atoms with E-state index in [-0.39, 0.29) is 24.1 Å². The molecule has 0 saturated carbocycles. The Kier molecular flexibility index (Phi) is 11.8. The highest BCUT2D eigenvalue weighted by Crippen LogP contribution is 2.29. The van der Waals surface area contributed by atoms with Crippen LogP contribution in [0.3, 0.4) is 0 Å². The van der Waals surface area contributed by atoms with Crippen molar-refractivity contribution < 1.29 is 18.7 Å². The van der Waals surface area contributed by atoms with Crippen molar-refractivity contribution in [3.8, 4) is 11.5 Å². The number of aryl methyl sites for hydroxylation is 3. The minimum Gasteiger partial charge on any atom is -0.489 e. The zero-order valence-corrected chi connectivity index (χ0v) is 29.4. The standard InChI is InChI=1S/C36H41Cl2FN6O3/c1-23(2)44-14-12-43(13-15-44)16-17-47-32-9-7-29(21-31(32)39)41-35-40-11-10-33(42-35)45(22-27-20-28(37)6-8-30(27)38)36(46)48-34-25(4)18-24(3)19-26(34)5/h6-11,18-21,23H,12-17,22H2,1-5H3,(H,40,41,42). The van der Waals surface area contributed by atoms with Crippen LogP contribution >= 0.6 is 23.2 Å². The molecule has 4 aromatic rings. The van der Waals surface area contributed by atoms with Crippen LogP contribution < -0.4 is 19.7 Å². The Morgan fingerprint density at radius 2 is 1.73 bits per heavy atom. The zero-order valence-electron chi connectivity index (χ0n) is 27.9.